The van der Waals surface area contributed by atoms with E-state index in [4.69, 9.17) is 5.11 Å². The van der Waals surface area contributed by atoms with E-state index < -0.39 is 17.6 Å². The van der Waals surface area contributed by atoms with Crippen molar-refractivity contribution in [3.8, 4) is 0 Å². The third-order valence-corrected chi connectivity index (χ3v) is 2.95. The van der Waals surface area contributed by atoms with Crippen LogP contribution in [0.4, 0.5) is 10.5 Å². The summed E-state index contributed by atoms with van der Waals surface area (Å²) in [5.41, 5.74) is -0.188. The number of carboxylic acid groups (broad SMARTS) is 1. The molecule has 0 aliphatic heterocycles. The Morgan fingerprint density at radius 3 is 2.30 bits per heavy atom. The largest absolute Gasteiger partial charge is 0.479 e. The number of aryl methyl sites for hydroxylation is 1. The molecule has 0 fully saturated rings. The lowest BCUT2D eigenvalue weighted by atomic mass is 10.1. The zero-order valence-electron chi connectivity index (χ0n) is 11.9. The first kappa shape index (κ1) is 16.0. The molecular formula is C14H20N2O4. The molecule has 0 aliphatic rings. The van der Waals surface area contributed by atoms with Gasteiger partial charge in [-0.25, -0.2) is 9.59 Å². The van der Waals surface area contributed by atoms with Crippen molar-refractivity contribution in [2.45, 2.75) is 26.4 Å². The normalized spacial score (nSPS) is 13.4. The lowest BCUT2D eigenvalue weighted by Gasteiger charge is -2.24. The molecule has 0 aromatic heterocycles. The molecule has 110 valence electrons. The second kappa shape index (κ2) is 6.38. The summed E-state index contributed by atoms with van der Waals surface area (Å²) in [6.07, 6.45) is 0. The minimum atomic E-state index is -1.98. The van der Waals surface area contributed by atoms with Gasteiger partial charge in [-0.15, -0.1) is 0 Å². The molecule has 0 aliphatic carbocycles. The fraction of sp³-hybridized carbons (Fsp3) is 0.429. The summed E-state index contributed by atoms with van der Waals surface area (Å²) in [7, 11) is 0. The van der Waals surface area contributed by atoms with E-state index >= 15 is 0 Å². The summed E-state index contributed by atoms with van der Waals surface area (Å²) in [5.74, 6) is -1.38. The average Bonchev–Trinajstić information content (AvgIpc) is 2.39. The summed E-state index contributed by atoms with van der Waals surface area (Å²) in [5, 5.41) is 20.8. The SMILES string of the molecule is CCN(C(=O)NCC(C)(O)C(=O)O)c1ccc(C)cc1. The number of aliphatic hydroxyl groups is 1. The molecule has 1 aromatic carbocycles. The van der Waals surface area contributed by atoms with E-state index in [9.17, 15) is 14.7 Å². The van der Waals surface area contributed by atoms with Crippen LogP contribution in [0.15, 0.2) is 24.3 Å². The fourth-order valence-electron chi connectivity index (χ4n) is 1.59. The summed E-state index contributed by atoms with van der Waals surface area (Å²) in [6, 6.07) is 6.96. The van der Waals surface area contributed by atoms with Gasteiger partial charge in [-0.3, -0.25) is 4.90 Å². The molecule has 20 heavy (non-hydrogen) atoms. The topological polar surface area (TPSA) is 89.9 Å². The Balaban J connectivity index is 2.73. The molecule has 0 bridgehead atoms. The molecule has 6 heteroatoms. The second-order valence-electron chi connectivity index (χ2n) is 4.82. The van der Waals surface area contributed by atoms with Crippen molar-refractivity contribution < 1.29 is 19.8 Å². The molecule has 0 saturated carbocycles. The maximum absolute atomic E-state index is 12.0. The van der Waals surface area contributed by atoms with Gasteiger partial charge >= 0.3 is 12.0 Å². The molecule has 0 saturated heterocycles. The first-order valence-electron chi connectivity index (χ1n) is 6.35. The van der Waals surface area contributed by atoms with Gasteiger partial charge in [0.1, 0.15) is 0 Å². The van der Waals surface area contributed by atoms with Crippen LogP contribution >= 0.6 is 0 Å². The van der Waals surface area contributed by atoms with Crippen molar-refractivity contribution in [1.29, 1.82) is 0 Å². The number of carbonyl (C=O) groups is 2. The highest BCUT2D eigenvalue weighted by atomic mass is 16.4. The number of aliphatic carboxylic acids is 1. The predicted octanol–water partition coefficient (Wildman–Crippen LogP) is 1.37. The number of rotatable bonds is 5. The third-order valence-electron chi connectivity index (χ3n) is 2.95. The van der Waals surface area contributed by atoms with Gasteiger partial charge in [0, 0.05) is 12.2 Å². The summed E-state index contributed by atoms with van der Waals surface area (Å²) in [6.45, 7) is 4.98. The van der Waals surface area contributed by atoms with E-state index in [1.165, 1.54) is 4.90 Å². The van der Waals surface area contributed by atoms with Gasteiger partial charge in [-0.05, 0) is 32.9 Å². The van der Waals surface area contributed by atoms with Crippen molar-refractivity contribution in [2.75, 3.05) is 18.0 Å². The van der Waals surface area contributed by atoms with Crippen molar-refractivity contribution >= 4 is 17.7 Å². The van der Waals surface area contributed by atoms with Crippen molar-refractivity contribution in [1.82, 2.24) is 5.32 Å². The van der Waals surface area contributed by atoms with Gasteiger partial charge in [0.05, 0.1) is 6.54 Å². The first-order chi connectivity index (χ1) is 9.27. The van der Waals surface area contributed by atoms with E-state index in [-0.39, 0.29) is 6.54 Å². The van der Waals surface area contributed by atoms with Gasteiger partial charge in [0.25, 0.3) is 0 Å². The quantitative estimate of drug-likeness (QED) is 0.759. The van der Waals surface area contributed by atoms with Gasteiger partial charge < -0.3 is 15.5 Å². The molecule has 0 radical (unpaired) electrons. The Bertz CT molecular complexity index is 482. The second-order valence-corrected chi connectivity index (χ2v) is 4.82. The molecule has 1 aromatic rings. The van der Waals surface area contributed by atoms with E-state index in [1.807, 2.05) is 38.1 Å². The molecule has 1 unspecified atom stereocenters. The molecule has 0 spiro atoms. The molecule has 1 atom stereocenters. The van der Waals surface area contributed by atoms with Crippen LogP contribution in [0.2, 0.25) is 0 Å². The monoisotopic (exact) mass is 280 g/mol. The maximum Gasteiger partial charge on any atom is 0.337 e. The van der Waals surface area contributed by atoms with Crippen LogP contribution in [0.5, 0.6) is 0 Å². The predicted molar refractivity (Wildman–Crippen MR) is 75.9 cm³/mol. The fourth-order valence-corrected chi connectivity index (χ4v) is 1.59. The van der Waals surface area contributed by atoms with Crippen molar-refractivity contribution in [2.24, 2.45) is 0 Å². The van der Waals surface area contributed by atoms with Gasteiger partial charge in [0.2, 0.25) is 0 Å². The summed E-state index contributed by atoms with van der Waals surface area (Å²) < 4.78 is 0. The number of hydrogen-bond donors (Lipinski definition) is 3. The summed E-state index contributed by atoms with van der Waals surface area (Å²) >= 11 is 0. The Labute approximate surface area is 118 Å². The lowest BCUT2D eigenvalue weighted by molar-refractivity contribution is -0.155. The standard InChI is InChI=1S/C14H20N2O4/c1-4-16(11-7-5-10(2)6-8-11)13(19)15-9-14(3,20)12(17)18/h5-8,20H,4,9H2,1-3H3,(H,15,19)(H,17,18). The number of nitrogens with one attached hydrogen (secondary N) is 1. The Morgan fingerprint density at radius 2 is 1.85 bits per heavy atom. The Morgan fingerprint density at radius 1 is 1.30 bits per heavy atom. The molecule has 6 nitrogen and oxygen atoms in total. The van der Waals surface area contributed by atoms with Crippen LogP contribution in [0.1, 0.15) is 19.4 Å². The molecule has 0 heterocycles. The summed E-state index contributed by atoms with van der Waals surface area (Å²) in [4.78, 5) is 24.3. The van der Waals surface area contributed by atoms with Crippen molar-refractivity contribution in [3.63, 3.8) is 0 Å². The number of benzene rings is 1. The number of anilines is 1. The van der Waals surface area contributed by atoms with Crippen molar-refractivity contribution in [3.05, 3.63) is 29.8 Å². The Hall–Kier alpha value is -2.08. The smallest absolute Gasteiger partial charge is 0.337 e. The van der Waals surface area contributed by atoms with Gasteiger partial charge in [-0.1, -0.05) is 17.7 Å². The average molecular weight is 280 g/mol. The molecule has 3 N–H and O–H groups in total. The van der Waals surface area contributed by atoms with E-state index in [2.05, 4.69) is 5.32 Å². The van der Waals surface area contributed by atoms with Crippen LogP contribution in [-0.4, -0.2) is 40.9 Å². The molecular weight excluding hydrogens is 260 g/mol. The van der Waals surface area contributed by atoms with E-state index in [0.717, 1.165) is 12.5 Å². The maximum atomic E-state index is 12.0. The number of urea groups is 1. The number of hydrogen-bond acceptors (Lipinski definition) is 3. The van der Waals surface area contributed by atoms with Crippen LogP contribution in [0.25, 0.3) is 0 Å². The molecule has 1 rings (SSSR count). The number of nitrogens with zero attached hydrogens (tertiary/aromatic N) is 1. The first-order valence-corrected chi connectivity index (χ1v) is 6.35. The highest BCUT2D eigenvalue weighted by Gasteiger charge is 2.31. The van der Waals surface area contributed by atoms with Crippen LogP contribution in [0.3, 0.4) is 0 Å². The van der Waals surface area contributed by atoms with Gasteiger partial charge in [-0.2, -0.15) is 0 Å². The van der Waals surface area contributed by atoms with Gasteiger partial charge in [0.15, 0.2) is 5.60 Å². The lowest BCUT2D eigenvalue weighted by Crippen LogP contribution is -2.50. The van der Waals surface area contributed by atoms with Crippen LogP contribution < -0.4 is 10.2 Å². The highest BCUT2D eigenvalue weighted by molar-refractivity contribution is 5.92. The number of amides is 2. The van der Waals surface area contributed by atoms with E-state index in [0.29, 0.717) is 12.2 Å². The van der Waals surface area contributed by atoms with Crippen LogP contribution in [-0.2, 0) is 4.79 Å². The third kappa shape index (κ3) is 3.96. The highest BCUT2D eigenvalue weighted by Crippen LogP contribution is 2.15. The minimum Gasteiger partial charge on any atom is -0.479 e. The minimum absolute atomic E-state index is 0.358. The van der Waals surface area contributed by atoms with Crippen LogP contribution in [0, 0.1) is 6.92 Å². The zero-order valence-corrected chi connectivity index (χ0v) is 11.9. The van der Waals surface area contributed by atoms with E-state index in [1.54, 1.807) is 0 Å². The number of carbonyl (C=O) groups excluding carboxylic acids is 1. The number of carboxylic acids is 1. The molecule has 2 amide bonds. The Kier molecular flexibility index (Phi) is 5.10. The zero-order chi connectivity index (χ0) is 15.3.